The average molecular weight is 579 g/mol. The fourth-order valence-corrected chi connectivity index (χ4v) is 7.31. The molecular formula is C37H42N2O4. The first kappa shape index (κ1) is 29.3. The molecule has 2 aliphatic carbocycles. The van der Waals surface area contributed by atoms with Gasteiger partial charge in [-0.05, 0) is 70.5 Å². The molecule has 4 aromatic rings. The van der Waals surface area contributed by atoms with E-state index in [9.17, 15) is 19.8 Å². The summed E-state index contributed by atoms with van der Waals surface area (Å²) in [5, 5.41) is 33.9. The number of fused-ring (bicyclic) bond motifs is 2. The summed E-state index contributed by atoms with van der Waals surface area (Å²) in [5.41, 5.74) is -0.500. The molecule has 2 fully saturated rings. The molecule has 0 saturated heterocycles. The molecule has 6 nitrogen and oxygen atoms in total. The van der Waals surface area contributed by atoms with Crippen molar-refractivity contribution in [1.29, 1.82) is 0 Å². The Bertz CT molecular complexity index is 1480. The fourth-order valence-electron chi connectivity index (χ4n) is 7.31. The molecule has 0 radical (unpaired) electrons. The molecular weight excluding hydrogens is 536 g/mol. The number of nitrogens with one attached hydrogen (secondary N) is 2. The van der Waals surface area contributed by atoms with Gasteiger partial charge in [-0.2, -0.15) is 0 Å². The molecule has 6 rings (SSSR count). The summed E-state index contributed by atoms with van der Waals surface area (Å²) in [6.07, 6.45) is 7.66. The quantitative estimate of drug-likeness (QED) is 0.173. The summed E-state index contributed by atoms with van der Waals surface area (Å²) in [4.78, 5) is 27.0. The van der Waals surface area contributed by atoms with Gasteiger partial charge in [0.2, 0.25) is 11.8 Å². The third-order valence-corrected chi connectivity index (χ3v) is 9.66. The highest BCUT2D eigenvalue weighted by atomic mass is 16.3. The van der Waals surface area contributed by atoms with Crippen LogP contribution in [0.4, 0.5) is 0 Å². The molecule has 2 atom stereocenters. The van der Waals surface area contributed by atoms with Gasteiger partial charge in [-0.25, -0.2) is 0 Å². The van der Waals surface area contributed by atoms with E-state index in [1.165, 1.54) is 0 Å². The van der Waals surface area contributed by atoms with Gasteiger partial charge < -0.3 is 20.8 Å². The molecule has 6 heteroatoms. The van der Waals surface area contributed by atoms with Crippen LogP contribution in [0.2, 0.25) is 0 Å². The van der Waals surface area contributed by atoms with Gasteiger partial charge >= 0.3 is 0 Å². The lowest BCUT2D eigenvalue weighted by molar-refractivity contribution is -0.134. The van der Waals surface area contributed by atoms with Crippen LogP contribution in [0, 0.1) is 0 Å². The van der Waals surface area contributed by atoms with Crippen LogP contribution >= 0.6 is 0 Å². The van der Waals surface area contributed by atoms with Crippen LogP contribution in [-0.2, 0) is 9.59 Å². The van der Waals surface area contributed by atoms with Crippen LogP contribution < -0.4 is 10.6 Å². The lowest BCUT2D eigenvalue weighted by atomic mass is 9.76. The molecule has 0 heterocycles. The molecule has 0 aromatic heterocycles. The second-order valence-corrected chi connectivity index (χ2v) is 12.7. The number of carbonyl (C=O) groups is 2. The van der Waals surface area contributed by atoms with Crippen LogP contribution in [0.1, 0.15) is 93.8 Å². The summed E-state index contributed by atoms with van der Waals surface area (Å²) in [6.45, 7) is 0. The van der Waals surface area contributed by atoms with E-state index in [0.29, 0.717) is 25.7 Å². The topological polar surface area (TPSA) is 98.7 Å². The van der Waals surface area contributed by atoms with Crippen molar-refractivity contribution in [2.45, 2.75) is 93.9 Å². The summed E-state index contributed by atoms with van der Waals surface area (Å²) in [5.74, 6) is -0.884. The standard InChI is InChI=1S/C37H42N2O4/c40-32(38-34(36(42)19-7-1-8-20-36)30-17-15-26-11-3-5-13-28(26)23-30)25-33(41)39-35(37(43)21-9-2-10-22-37)31-18-16-27-12-4-6-14-29(27)24-31/h3-6,11-18,23-24,34-35,42-43H,1-2,7-10,19-22,25H2,(H,38,40)(H,39,41)/t34-,35-/m1/s1. The molecule has 224 valence electrons. The van der Waals surface area contributed by atoms with E-state index >= 15 is 0 Å². The first-order valence-electron chi connectivity index (χ1n) is 15.8. The molecule has 0 spiro atoms. The van der Waals surface area contributed by atoms with Crippen molar-refractivity contribution in [1.82, 2.24) is 10.6 Å². The van der Waals surface area contributed by atoms with Crippen LogP contribution in [0.15, 0.2) is 84.9 Å². The Hall–Kier alpha value is -3.74. The maximum atomic E-state index is 13.5. The average Bonchev–Trinajstić information content (AvgIpc) is 3.02. The maximum Gasteiger partial charge on any atom is 0.230 e. The zero-order chi connectivity index (χ0) is 29.9. The second-order valence-electron chi connectivity index (χ2n) is 12.7. The first-order valence-corrected chi connectivity index (χ1v) is 15.8. The smallest absolute Gasteiger partial charge is 0.230 e. The van der Waals surface area contributed by atoms with E-state index in [-0.39, 0.29) is 6.42 Å². The van der Waals surface area contributed by atoms with Crippen molar-refractivity contribution in [2.75, 3.05) is 0 Å². The monoisotopic (exact) mass is 578 g/mol. The molecule has 4 N–H and O–H groups in total. The SMILES string of the molecule is O=C(CC(=O)N[C@H](c1ccc2ccccc2c1)C1(O)CCCCC1)N[C@H](c1ccc2ccccc2c1)C1(O)CCCCC1. The number of hydrogen-bond donors (Lipinski definition) is 4. The number of rotatable bonds is 8. The Morgan fingerprint density at radius 1 is 0.558 bits per heavy atom. The molecule has 2 aliphatic rings. The van der Waals surface area contributed by atoms with Gasteiger partial charge in [-0.1, -0.05) is 111 Å². The summed E-state index contributed by atoms with van der Waals surface area (Å²) < 4.78 is 0. The van der Waals surface area contributed by atoms with E-state index in [1.807, 2.05) is 84.9 Å². The van der Waals surface area contributed by atoms with Crippen LogP contribution in [0.3, 0.4) is 0 Å². The normalized spacial score (nSPS) is 19.4. The highest BCUT2D eigenvalue weighted by molar-refractivity contribution is 5.97. The van der Waals surface area contributed by atoms with Gasteiger partial charge in [0.15, 0.2) is 0 Å². The van der Waals surface area contributed by atoms with Gasteiger partial charge in [0.25, 0.3) is 0 Å². The maximum absolute atomic E-state index is 13.5. The van der Waals surface area contributed by atoms with E-state index in [2.05, 4.69) is 10.6 Å². The second kappa shape index (κ2) is 12.5. The number of benzene rings is 4. The van der Waals surface area contributed by atoms with Crippen molar-refractivity contribution in [3.05, 3.63) is 96.1 Å². The molecule has 2 amide bonds. The summed E-state index contributed by atoms with van der Waals surface area (Å²) in [6, 6.07) is 26.8. The Kier molecular flexibility index (Phi) is 8.51. The van der Waals surface area contributed by atoms with Crippen LogP contribution in [0.25, 0.3) is 21.5 Å². The Morgan fingerprint density at radius 2 is 0.930 bits per heavy atom. The van der Waals surface area contributed by atoms with Crippen LogP contribution in [-0.4, -0.2) is 33.2 Å². The molecule has 0 bridgehead atoms. The third-order valence-electron chi connectivity index (χ3n) is 9.66. The van der Waals surface area contributed by atoms with Crippen LogP contribution in [0.5, 0.6) is 0 Å². The van der Waals surface area contributed by atoms with E-state index in [4.69, 9.17) is 0 Å². The van der Waals surface area contributed by atoms with Crippen molar-refractivity contribution in [3.63, 3.8) is 0 Å². The molecule has 0 unspecified atom stereocenters. The highest BCUT2D eigenvalue weighted by Crippen LogP contribution is 2.41. The minimum atomic E-state index is -1.09. The Morgan fingerprint density at radius 3 is 1.33 bits per heavy atom. The molecule has 4 aromatic carbocycles. The lowest BCUT2D eigenvalue weighted by Gasteiger charge is -2.40. The number of hydrogen-bond acceptors (Lipinski definition) is 4. The Labute approximate surface area is 253 Å². The van der Waals surface area contributed by atoms with Gasteiger partial charge in [-0.15, -0.1) is 0 Å². The van der Waals surface area contributed by atoms with E-state index in [0.717, 1.165) is 71.2 Å². The third kappa shape index (κ3) is 6.46. The van der Waals surface area contributed by atoms with Crippen molar-refractivity contribution in [3.8, 4) is 0 Å². The molecule has 0 aliphatic heterocycles. The van der Waals surface area contributed by atoms with Gasteiger partial charge in [0.1, 0.15) is 6.42 Å². The molecule has 43 heavy (non-hydrogen) atoms. The minimum Gasteiger partial charge on any atom is -0.387 e. The zero-order valence-electron chi connectivity index (χ0n) is 24.7. The zero-order valence-corrected chi connectivity index (χ0v) is 24.7. The van der Waals surface area contributed by atoms with Gasteiger partial charge in [-0.3, -0.25) is 9.59 Å². The van der Waals surface area contributed by atoms with E-state index in [1.54, 1.807) is 0 Å². The summed E-state index contributed by atoms with van der Waals surface area (Å²) in [7, 11) is 0. The van der Waals surface area contributed by atoms with Crippen molar-refractivity contribution >= 4 is 33.4 Å². The summed E-state index contributed by atoms with van der Waals surface area (Å²) >= 11 is 0. The van der Waals surface area contributed by atoms with Gasteiger partial charge in [0, 0.05) is 0 Å². The van der Waals surface area contributed by atoms with Gasteiger partial charge in [0.05, 0.1) is 23.3 Å². The predicted molar refractivity (Wildman–Crippen MR) is 170 cm³/mol. The largest absolute Gasteiger partial charge is 0.387 e. The Balaban J connectivity index is 1.23. The minimum absolute atomic E-state index is 0.389. The van der Waals surface area contributed by atoms with Crippen molar-refractivity contribution < 1.29 is 19.8 Å². The first-order chi connectivity index (χ1) is 20.8. The fraction of sp³-hybridized carbons (Fsp3) is 0.405. The molecule has 2 saturated carbocycles. The lowest BCUT2D eigenvalue weighted by Crippen LogP contribution is -2.50. The number of carbonyl (C=O) groups excluding carboxylic acids is 2. The predicted octanol–water partition coefficient (Wildman–Crippen LogP) is 6.79. The van der Waals surface area contributed by atoms with E-state index < -0.39 is 35.1 Å². The number of amides is 2. The highest BCUT2D eigenvalue weighted by Gasteiger charge is 2.42. The van der Waals surface area contributed by atoms with Crippen molar-refractivity contribution in [2.24, 2.45) is 0 Å². The number of aliphatic hydroxyl groups is 2.